The standard InChI is InChI=1S/C9H9BrF3NO/c1-5-2-6(10)3-7(14)8(5)15-4-9(11,12)13/h2-3H,4,14H2,1H3. The summed E-state index contributed by atoms with van der Waals surface area (Å²) in [5.74, 6) is 0.0792. The van der Waals surface area contributed by atoms with Crippen molar-refractivity contribution in [2.45, 2.75) is 13.1 Å². The minimum Gasteiger partial charge on any atom is -0.482 e. The molecule has 0 aromatic heterocycles. The molecule has 0 bridgehead atoms. The molecule has 0 radical (unpaired) electrons. The molecule has 2 nitrogen and oxygen atoms in total. The number of hydrogen-bond acceptors (Lipinski definition) is 2. The molecule has 0 heterocycles. The van der Waals surface area contributed by atoms with Crippen LogP contribution in [0.15, 0.2) is 16.6 Å². The Morgan fingerprint density at radius 2 is 2.00 bits per heavy atom. The van der Waals surface area contributed by atoms with E-state index < -0.39 is 12.8 Å². The Morgan fingerprint density at radius 3 is 2.47 bits per heavy atom. The van der Waals surface area contributed by atoms with E-state index in [1.165, 1.54) is 6.07 Å². The highest BCUT2D eigenvalue weighted by atomic mass is 79.9. The van der Waals surface area contributed by atoms with Crippen molar-refractivity contribution < 1.29 is 17.9 Å². The second-order valence-electron chi connectivity index (χ2n) is 3.04. The normalized spacial score (nSPS) is 11.5. The third kappa shape index (κ3) is 3.62. The minimum absolute atomic E-state index is 0.0792. The fourth-order valence-electron chi connectivity index (χ4n) is 1.11. The SMILES string of the molecule is Cc1cc(Br)cc(N)c1OCC(F)(F)F. The number of halogens is 4. The zero-order valence-electron chi connectivity index (χ0n) is 7.86. The molecule has 6 heteroatoms. The van der Waals surface area contributed by atoms with Gasteiger partial charge >= 0.3 is 6.18 Å². The number of hydrogen-bond donors (Lipinski definition) is 1. The zero-order chi connectivity index (χ0) is 11.6. The maximum atomic E-state index is 11.9. The predicted molar refractivity (Wildman–Crippen MR) is 54.8 cm³/mol. The zero-order valence-corrected chi connectivity index (χ0v) is 9.45. The van der Waals surface area contributed by atoms with Crippen molar-refractivity contribution in [1.82, 2.24) is 0 Å². The maximum Gasteiger partial charge on any atom is 0.422 e. The maximum absolute atomic E-state index is 11.9. The minimum atomic E-state index is -4.36. The van der Waals surface area contributed by atoms with E-state index in [4.69, 9.17) is 5.73 Å². The van der Waals surface area contributed by atoms with Crippen molar-refractivity contribution in [1.29, 1.82) is 0 Å². The van der Waals surface area contributed by atoms with E-state index in [0.29, 0.717) is 10.0 Å². The van der Waals surface area contributed by atoms with Gasteiger partial charge in [0.05, 0.1) is 5.69 Å². The molecular formula is C9H9BrF3NO. The van der Waals surface area contributed by atoms with Gasteiger partial charge in [-0.3, -0.25) is 0 Å². The molecule has 0 fully saturated rings. The Kier molecular flexibility index (Phi) is 3.49. The third-order valence-electron chi connectivity index (χ3n) is 1.65. The molecule has 0 aliphatic heterocycles. The van der Waals surface area contributed by atoms with Gasteiger partial charge in [-0.1, -0.05) is 15.9 Å². The summed E-state index contributed by atoms with van der Waals surface area (Å²) in [4.78, 5) is 0. The lowest BCUT2D eigenvalue weighted by Crippen LogP contribution is -2.20. The summed E-state index contributed by atoms with van der Waals surface area (Å²) in [6.45, 7) is 0.298. The first kappa shape index (κ1) is 12.2. The van der Waals surface area contributed by atoms with E-state index in [1.54, 1.807) is 13.0 Å². The lowest BCUT2D eigenvalue weighted by molar-refractivity contribution is -0.153. The Hall–Kier alpha value is -0.910. The van der Waals surface area contributed by atoms with Crippen LogP contribution < -0.4 is 10.5 Å². The van der Waals surface area contributed by atoms with Gasteiger partial charge in [-0.25, -0.2) is 0 Å². The molecule has 0 aliphatic carbocycles. The average Bonchev–Trinajstić information content (AvgIpc) is 1.99. The highest BCUT2D eigenvalue weighted by Gasteiger charge is 2.29. The van der Waals surface area contributed by atoms with Gasteiger partial charge in [0.1, 0.15) is 5.75 Å². The van der Waals surface area contributed by atoms with Crippen molar-refractivity contribution in [3.63, 3.8) is 0 Å². The van der Waals surface area contributed by atoms with E-state index in [1.807, 2.05) is 0 Å². The van der Waals surface area contributed by atoms with Crippen LogP contribution in [0, 0.1) is 6.92 Å². The average molecular weight is 284 g/mol. The van der Waals surface area contributed by atoms with Gasteiger partial charge in [0.15, 0.2) is 6.61 Å². The summed E-state index contributed by atoms with van der Waals surface area (Å²) in [5, 5.41) is 0. The van der Waals surface area contributed by atoms with Crippen molar-refractivity contribution in [2.24, 2.45) is 0 Å². The second-order valence-corrected chi connectivity index (χ2v) is 3.96. The molecule has 1 rings (SSSR count). The number of benzene rings is 1. The van der Waals surface area contributed by atoms with E-state index in [-0.39, 0.29) is 11.4 Å². The Bertz CT molecular complexity index is 342. The largest absolute Gasteiger partial charge is 0.482 e. The van der Waals surface area contributed by atoms with Crippen LogP contribution in [-0.4, -0.2) is 12.8 Å². The molecule has 1 aromatic rings. The van der Waals surface area contributed by atoms with Crippen LogP contribution in [0.5, 0.6) is 5.75 Å². The number of ether oxygens (including phenoxy) is 1. The molecule has 15 heavy (non-hydrogen) atoms. The quantitative estimate of drug-likeness (QED) is 0.846. The first-order valence-corrected chi connectivity index (χ1v) is 4.84. The number of nitrogen functional groups attached to an aromatic ring is 1. The molecule has 0 spiro atoms. The molecule has 0 unspecified atom stereocenters. The highest BCUT2D eigenvalue weighted by Crippen LogP contribution is 2.31. The Balaban J connectivity index is 2.86. The fourth-order valence-corrected chi connectivity index (χ4v) is 1.70. The molecule has 0 saturated carbocycles. The van der Waals surface area contributed by atoms with E-state index in [2.05, 4.69) is 20.7 Å². The summed E-state index contributed by atoms with van der Waals surface area (Å²) >= 11 is 3.18. The number of aryl methyl sites for hydroxylation is 1. The van der Waals surface area contributed by atoms with E-state index >= 15 is 0 Å². The van der Waals surface area contributed by atoms with Gasteiger partial charge in [-0.05, 0) is 24.6 Å². The molecule has 2 N–H and O–H groups in total. The Morgan fingerprint density at radius 1 is 1.40 bits per heavy atom. The highest BCUT2D eigenvalue weighted by molar-refractivity contribution is 9.10. The molecule has 0 aliphatic rings. The summed E-state index contributed by atoms with van der Waals surface area (Å²) < 4.78 is 41.0. The van der Waals surface area contributed by atoms with E-state index in [9.17, 15) is 13.2 Å². The Labute approximate surface area is 93.3 Å². The van der Waals surface area contributed by atoms with Crippen molar-refractivity contribution in [3.8, 4) is 5.75 Å². The van der Waals surface area contributed by atoms with Gasteiger partial charge in [-0.15, -0.1) is 0 Å². The lowest BCUT2D eigenvalue weighted by Gasteiger charge is -2.13. The van der Waals surface area contributed by atoms with Gasteiger partial charge < -0.3 is 10.5 Å². The second kappa shape index (κ2) is 4.30. The number of alkyl halides is 3. The first-order valence-electron chi connectivity index (χ1n) is 4.05. The van der Waals surface area contributed by atoms with Crippen LogP contribution in [0.4, 0.5) is 18.9 Å². The smallest absolute Gasteiger partial charge is 0.422 e. The topological polar surface area (TPSA) is 35.2 Å². The van der Waals surface area contributed by atoms with Crippen LogP contribution in [0.3, 0.4) is 0 Å². The molecule has 0 atom stereocenters. The van der Waals surface area contributed by atoms with Gasteiger partial charge in [0.2, 0.25) is 0 Å². The van der Waals surface area contributed by atoms with Crippen molar-refractivity contribution in [3.05, 3.63) is 22.2 Å². The lowest BCUT2D eigenvalue weighted by atomic mass is 10.2. The summed E-state index contributed by atoms with van der Waals surface area (Å²) in [6, 6.07) is 3.14. The van der Waals surface area contributed by atoms with E-state index in [0.717, 1.165) is 0 Å². The monoisotopic (exact) mass is 283 g/mol. The van der Waals surface area contributed by atoms with Crippen LogP contribution in [0.25, 0.3) is 0 Å². The molecule has 84 valence electrons. The van der Waals surface area contributed by atoms with Crippen molar-refractivity contribution >= 4 is 21.6 Å². The number of rotatable bonds is 2. The predicted octanol–water partition coefficient (Wildman–Crippen LogP) is 3.28. The van der Waals surface area contributed by atoms with Crippen molar-refractivity contribution in [2.75, 3.05) is 12.3 Å². The van der Waals surface area contributed by atoms with Crippen LogP contribution in [-0.2, 0) is 0 Å². The van der Waals surface area contributed by atoms with Gasteiger partial charge in [-0.2, -0.15) is 13.2 Å². The number of nitrogens with two attached hydrogens (primary N) is 1. The van der Waals surface area contributed by atoms with Gasteiger partial charge in [0, 0.05) is 4.47 Å². The summed E-state index contributed by atoms with van der Waals surface area (Å²) in [7, 11) is 0. The van der Waals surface area contributed by atoms with Crippen LogP contribution >= 0.6 is 15.9 Å². The third-order valence-corrected chi connectivity index (χ3v) is 2.11. The van der Waals surface area contributed by atoms with Crippen LogP contribution in [0.2, 0.25) is 0 Å². The first-order chi connectivity index (χ1) is 6.79. The molecule has 1 aromatic carbocycles. The van der Waals surface area contributed by atoms with Crippen LogP contribution in [0.1, 0.15) is 5.56 Å². The molecular weight excluding hydrogens is 275 g/mol. The van der Waals surface area contributed by atoms with Gasteiger partial charge in [0.25, 0.3) is 0 Å². The molecule has 0 amide bonds. The summed E-state index contributed by atoms with van der Waals surface area (Å²) in [5.41, 5.74) is 6.28. The summed E-state index contributed by atoms with van der Waals surface area (Å²) in [6.07, 6.45) is -4.36. The molecule has 0 saturated heterocycles. The fraction of sp³-hybridized carbons (Fsp3) is 0.333. The number of anilines is 1.